The van der Waals surface area contributed by atoms with Gasteiger partial charge in [0.2, 0.25) is 0 Å². The Kier molecular flexibility index (Phi) is 7.61. The van der Waals surface area contributed by atoms with Crippen molar-refractivity contribution in [3.05, 3.63) is 53.7 Å². The second kappa shape index (κ2) is 10.8. The zero-order chi connectivity index (χ0) is 25.7. The highest BCUT2D eigenvalue weighted by Crippen LogP contribution is 2.31. The number of fused-ring (bicyclic) bond motifs is 1. The number of hydrogen-bond acceptors (Lipinski definition) is 5. The molecule has 6 nitrogen and oxygen atoms in total. The molecule has 1 aromatic heterocycles. The highest BCUT2D eigenvalue weighted by Gasteiger charge is 2.30. The Labute approximate surface area is 208 Å². The summed E-state index contributed by atoms with van der Waals surface area (Å²) < 4.78 is 46.9. The van der Waals surface area contributed by atoms with E-state index in [0.717, 1.165) is 37.0 Å². The van der Waals surface area contributed by atoms with Crippen LogP contribution >= 0.6 is 0 Å². The monoisotopic (exact) mass is 495 g/mol. The number of nitriles is 1. The predicted octanol–water partition coefficient (Wildman–Crippen LogP) is 5.05. The van der Waals surface area contributed by atoms with Gasteiger partial charge in [0.15, 0.2) is 0 Å². The van der Waals surface area contributed by atoms with Gasteiger partial charge in [0.05, 0.1) is 42.2 Å². The van der Waals surface area contributed by atoms with E-state index < -0.39 is 12.7 Å². The lowest BCUT2D eigenvalue weighted by molar-refractivity contribution is -0.140. The molecule has 0 radical (unpaired) electrons. The molecule has 0 amide bonds. The fraction of sp³-hybridized carbons (Fsp3) is 0.370. The molecule has 9 heteroatoms. The van der Waals surface area contributed by atoms with Crippen LogP contribution in [0.1, 0.15) is 24.1 Å². The van der Waals surface area contributed by atoms with Crippen molar-refractivity contribution in [2.75, 3.05) is 44.4 Å². The van der Waals surface area contributed by atoms with E-state index in [2.05, 4.69) is 34.4 Å². The molecule has 1 fully saturated rings. The second-order valence-electron chi connectivity index (χ2n) is 8.87. The lowest BCUT2D eigenvalue weighted by Crippen LogP contribution is -2.36. The first-order valence-corrected chi connectivity index (χ1v) is 11.7. The van der Waals surface area contributed by atoms with Crippen molar-refractivity contribution in [2.24, 2.45) is 0 Å². The predicted molar refractivity (Wildman–Crippen MR) is 135 cm³/mol. The minimum Gasteiger partial charge on any atom is -0.495 e. The number of aromatic nitrogens is 1. The third-order valence-corrected chi connectivity index (χ3v) is 6.28. The van der Waals surface area contributed by atoms with Crippen LogP contribution < -0.4 is 15.4 Å². The van der Waals surface area contributed by atoms with Crippen LogP contribution in [0.2, 0.25) is 0 Å². The summed E-state index contributed by atoms with van der Waals surface area (Å²) >= 11 is 0. The summed E-state index contributed by atoms with van der Waals surface area (Å²) in [6.07, 6.45) is -2.42. The summed E-state index contributed by atoms with van der Waals surface area (Å²) in [6, 6.07) is 14.4. The SMILES string of the molecule is COc1cc(C#N)ccc1NCC#Cc1cc2c(NC3CCN(C)CC3)cccc2n1CC(F)(F)F. The molecule has 1 aliphatic heterocycles. The van der Waals surface area contributed by atoms with Gasteiger partial charge in [-0.25, -0.2) is 0 Å². The van der Waals surface area contributed by atoms with Crippen LogP contribution in [0.5, 0.6) is 5.75 Å². The molecule has 3 aromatic rings. The van der Waals surface area contributed by atoms with Crippen LogP contribution in [-0.2, 0) is 6.54 Å². The van der Waals surface area contributed by atoms with Crippen molar-refractivity contribution in [3.63, 3.8) is 0 Å². The first-order chi connectivity index (χ1) is 17.3. The highest BCUT2D eigenvalue weighted by atomic mass is 19.4. The number of ether oxygens (including phenoxy) is 1. The topological polar surface area (TPSA) is 65.2 Å². The molecule has 0 spiro atoms. The number of hydrogen-bond donors (Lipinski definition) is 2. The van der Waals surface area contributed by atoms with Gasteiger partial charge in [-0.1, -0.05) is 12.0 Å². The maximum atomic E-state index is 13.5. The van der Waals surface area contributed by atoms with Gasteiger partial charge in [-0.3, -0.25) is 0 Å². The number of nitrogens with one attached hydrogen (secondary N) is 2. The third-order valence-electron chi connectivity index (χ3n) is 6.28. The van der Waals surface area contributed by atoms with E-state index in [0.29, 0.717) is 28.2 Å². The molecule has 2 N–H and O–H groups in total. The van der Waals surface area contributed by atoms with Crippen molar-refractivity contribution in [3.8, 4) is 23.7 Å². The maximum absolute atomic E-state index is 13.5. The first-order valence-electron chi connectivity index (χ1n) is 11.7. The summed E-state index contributed by atoms with van der Waals surface area (Å²) in [5.41, 5.74) is 2.73. The number of nitrogens with zero attached hydrogens (tertiary/aromatic N) is 3. The standard InChI is InChI=1S/C27H28F3N5O/c1-34-13-10-20(11-14-34)33-23-6-3-7-25-22(23)16-21(35(25)18-27(28,29)30)5-4-12-32-24-9-8-19(17-31)15-26(24)36-2/h3,6-9,15-16,20,32-33H,10-14,18H2,1-2H3. The van der Waals surface area contributed by atoms with Gasteiger partial charge in [-0.15, -0.1) is 0 Å². The number of benzene rings is 2. The normalized spacial score (nSPS) is 14.7. The van der Waals surface area contributed by atoms with Crippen LogP contribution in [0, 0.1) is 23.2 Å². The summed E-state index contributed by atoms with van der Waals surface area (Å²) in [5, 5.41) is 16.4. The molecule has 0 saturated carbocycles. The number of anilines is 2. The Morgan fingerprint density at radius 1 is 1.11 bits per heavy atom. The van der Waals surface area contributed by atoms with Gasteiger partial charge in [0.1, 0.15) is 12.3 Å². The minimum absolute atomic E-state index is 0.191. The summed E-state index contributed by atoms with van der Waals surface area (Å²) in [7, 11) is 3.59. The van der Waals surface area contributed by atoms with Crippen molar-refractivity contribution in [1.29, 1.82) is 5.26 Å². The molecule has 2 aromatic carbocycles. The van der Waals surface area contributed by atoms with Crippen LogP contribution in [-0.4, -0.2) is 55.5 Å². The fourth-order valence-corrected chi connectivity index (χ4v) is 4.42. The largest absolute Gasteiger partial charge is 0.495 e. The summed E-state index contributed by atoms with van der Waals surface area (Å²) in [4.78, 5) is 2.27. The van der Waals surface area contributed by atoms with Crippen molar-refractivity contribution in [2.45, 2.75) is 31.6 Å². The average molecular weight is 496 g/mol. The Morgan fingerprint density at radius 3 is 2.58 bits per heavy atom. The molecule has 1 saturated heterocycles. The molecule has 0 atom stereocenters. The molecule has 0 aliphatic carbocycles. The van der Waals surface area contributed by atoms with Crippen LogP contribution in [0.4, 0.5) is 24.5 Å². The molecule has 4 rings (SSSR count). The number of alkyl halides is 3. The highest BCUT2D eigenvalue weighted by molar-refractivity contribution is 5.94. The van der Waals surface area contributed by atoms with E-state index in [1.54, 1.807) is 36.4 Å². The van der Waals surface area contributed by atoms with Gasteiger partial charge in [0, 0.05) is 23.2 Å². The Hall–Kier alpha value is -3.82. The van der Waals surface area contributed by atoms with Crippen LogP contribution in [0.3, 0.4) is 0 Å². The van der Waals surface area contributed by atoms with Gasteiger partial charge in [-0.2, -0.15) is 18.4 Å². The Bertz CT molecular complexity index is 1320. The van der Waals surface area contributed by atoms with E-state index in [4.69, 9.17) is 10.00 Å². The van der Waals surface area contributed by atoms with Crippen molar-refractivity contribution >= 4 is 22.3 Å². The molecule has 188 valence electrons. The summed E-state index contributed by atoms with van der Waals surface area (Å²) in [6.45, 7) is 1.04. The van der Waals surface area contributed by atoms with E-state index in [-0.39, 0.29) is 12.6 Å². The fourth-order valence-electron chi connectivity index (χ4n) is 4.42. The number of halogens is 3. The molecule has 36 heavy (non-hydrogen) atoms. The molecular weight excluding hydrogens is 467 g/mol. The minimum atomic E-state index is -4.38. The van der Waals surface area contributed by atoms with E-state index in [1.165, 1.54) is 11.7 Å². The van der Waals surface area contributed by atoms with Gasteiger partial charge >= 0.3 is 6.18 Å². The van der Waals surface area contributed by atoms with Crippen LogP contribution in [0.15, 0.2) is 42.5 Å². The zero-order valence-electron chi connectivity index (χ0n) is 20.2. The Balaban J connectivity index is 1.59. The maximum Gasteiger partial charge on any atom is 0.406 e. The van der Waals surface area contributed by atoms with E-state index >= 15 is 0 Å². The lowest BCUT2D eigenvalue weighted by Gasteiger charge is -2.30. The molecule has 2 heterocycles. The molecule has 0 bridgehead atoms. The quantitative estimate of drug-likeness (QED) is 0.469. The molecule has 0 unspecified atom stereocenters. The lowest BCUT2D eigenvalue weighted by atomic mass is 10.0. The summed E-state index contributed by atoms with van der Waals surface area (Å²) in [5.74, 6) is 6.33. The number of piperidine rings is 1. The van der Waals surface area contributed by atoms with Gasteiger partial charge in [-0.05, 0) is 69.2 Å². The van der Waals surface area contributed by atoms with Gasteiger partial charge in [0.25, 0.3) is 0 Å². The average Bonchev–Trinajstić information content (AvgIpc) is 3.20. The zero-order valence-corrected chi connectivity index (χ0v) is 20.2. The smallest absolute Gasteiger partial charge is 0.406 e. The van der Waals surface area contributed by atoms with E-state index in [1.807, 2.05) is 12.1 Å². The first kappa shape index (κ1) is 25.3. The second-order valence-corrected chi connectivity index (χ2v) is 8.87. The molecular formula is C27H28F3N5O. The van der Waals surface area contributed by atoms with Crippen molar-refractivity contribution < 1.29 is 17.9 Å². The number of likely N-dealkylation sites (tertiary alicyclic amines) is 1. The molecule has 1 aliphatic rings. The number of methoxy groups -OCH3 is 1. The van der Waals surface area contributed by atoms with E-state index in [9.17, 15) is 13.2 Å². The van der Waals surface area contributed by atoms with Crippen LogP contribution in [0.25, 0.3) is 10.9 Å². The third kappa shape index (κ3) is 6.05. The van der Waals surface area contributed by atoms with Crippen molar-refractivity contribution in [1.82, 2.24) is 9.47 Å². The van der Waals surface area contributed by atoms with Gasteiger partial charge < -0.3 is 24.8 Å². The number of rotatable bonds is 6. The Morgan fingerprint density at radius 2 is 1.89 bits per heavy atom.